The lowest BCUT2D eigenvalue weighted by molar-refractivity contribution is -0.140. The highest BCUT2D eigenvalue weighted by molar-refractivity contribution is 7.07. The summed E-state index contributed by atoms with van der Waals surface area (Å²) in [6.07, 6.45) is 1.74. The minimum Gasteiger partial charge on any atom is -0.482 e. The largest absolute Gasteiger partial charge is 0.482 e. The molecule has 1 aromatic heterocycles. The summed E-state index contributed by atoms with van der Waals surface area (Å²) in [6.45, 7) is 3.27. The molecule has 0 saturated heterocycles. The summed E-state index contributed by atoms with van der Waals surface area (Å²) in [7, 11) is 0. The van der Waals surface area contributed by atoms with Crippen LogP contribution in [0.1, 0.15) is 31.0 Å². The average Bonchev–Trinajstić information content (AvgIpc) is 3.21. The monoisotopic (exact) mass is 528 g/mol. The van der Waals surface area contributed by atoms with Gasteiger partial charge in [-0.1, -0.05) is 65.9 Å². The number of carboxylic acid groups (broad SMARTS) is 1. The Hall–Kier alpha value is -4.50. The van der Waals surface area contributed by atoms with Crippen LogP contribution in [0.3, 0.4) is 0 Å². The summed E-state index contributed by atoms with van der Waals surface area (Å²) in [4.78, 5) is 42.9. The van der Waals surface area contributed by atoms with Crippen LogP contribution in [-0.4, -0.2) is 34.8 Å². The number of thiazole rings is 1. The number of aromatic nitrogens is 1. The number of nitrogens with zero attached hydrogens (tertiary/aromatic N) is 2. The highest BCUT2D eigenvalue weighted by atomic mass is 32.1. The van der Waals surface area contributed by atoms with E-state index in [1.165, 1.54) is 11.3 Å². The molecule has 5 rings (SSSR count). The van der Waals surface area contributed by atoms with E-state index in [0.717, 1.165) is 21.9 Å². The SMILES string of the molecule is CCOC(=O)C1=C(C)N=c2s/c(=C\c3ccc(OCC(=O)O)cc3)c(=O)n2[C@@H]1c1cccc2ccccc12. The second-order valence-electron chi connectivity index (χ2n) is 8.62. The van der Waals surface area contributed by atoms with Crippen LogP contribution in [0.25, 0.3) is 16.8 Å². The molecular weight excluding hydrogens is 504 g/mol. The van der Waals surface area contributed by atoms with Gasteiger partial charge >= 0.3 is 11.9 Å². The summed E-state index contributed by atoms with van der Waals surface area (Å²) < 4.78 is 12.6. The van der Waals surface area contributed by atoms with E-state index in [1.807, 2.05) is 42.5 Å². The molecule has 1 aliphatic rings. The zero-order valence-electron chi connectivity index (χ0n) is 20.7. The summed E-state index contributed by atoms with van der Waals surface area (Å²) in [5.41, 5.74) is 2.12. The molecule has 0 unspecified atom stereocenters. The molecule has 192 valence electrons. The number of ether oxygens (including phenoxy) is 2. The summed E-state index contributed by atoms with van der Waals surface area (Å²) in [6, 6.07) is 19.8. The normalized spacial score (nSPS) is 15.2. The molecule has 2 heterocycles. The first-order valence-electron chi connectivity index (χ1n) is 12.0. The van der Waals surface area contributed by atoms with Crippen molar-refractivity contribution in [3.8, 4) is 5.75 Å². The van der Waals surface area contributed by atoms with E-state index < -0.39 is 24.6 Å². The van der Waals surface area contributed by atoms with E-state index in [-0.39, 0.29) is 12.2 Å². The van der Waals surface area contributed by atoms with Crippen molar-refractivity contribution < 1.29 is 24.2 Å². The van der Waals surface area contributed by atoms with Crippen LogP contribution in [0, 0.1) is 0 Å². The first kappa shape index (κ1) is 25.2. The fraction of sp³-hybridized carbons (Fsp3) is 0.172. The molecule has 0 bridgehead atoms. The van der Waals surface area contributed by atoms with E-state index in [0.29, 0.717) is 26.4 Å². The molecule has 0 amide bonds. The highest BCUT2D eigenvalue weighted by Crippen LogP contribution is 2.34. The lowest BCUT2D eigenvalue weighted by Crippen LogP contribution is -2.40. The van der Waals surface area contributed by atoms with E-state index in [1.54, 1.807) is 48.8 Å². The molecule has 0 radical (unpaired) electrons. The van der Waals surface area contributed by atoms with Gasteiger partial charge in [0.25, 0.3) is 5.56 Å². The Morgan fingerprint density at radius 3 is 2.55 bits per heavy atom. The molecule has 4 aromatic rings. The van der Waals surface area contributed by atoms with Crippen LogP contribution in [0.15, 0.2) is 87.8 Å². The Kier molecular flexibility index (Phi) is 6.93. The van der Waals surface area contributed by atoms with Gasteiger partial charge in [0, 0.05) is 0 Å². The Balaban J connectivity index is 1.67. The zero-order chi connectivity index (χ0) is 26.8. The second kappa shape index (κ2) is 10.5. The lowest BCUT2D eigenvalue weighted by atomic mass is 9.91. The van der Waals surface area contributed by atoms with Crippen molar-refractivity contribution in [2.24, 2.45) is 4.99 Å². The molecule has 38 heavy (non-hydrogen) atoms. The van der Waals surface area contributed by atoms with Crippen LogP contribution in [-0.2, 0) is 14.3 Å². The quantitative estimate of drug-likeness (QED) is 0.369. The molecule has 1 atom stereocenters. The number of benzene rings is 3. The number of fused-ring (bicyclic) bond motifs is 2. The molecule has 0 aliphatic carbocycles. The van der Waals surface area contributed by atoms with Gasteiger partial charge in [0.2, 0.25) is 0 Å². The van der Waals surface area contributed by atoms with Crippen LogP contribution in [0.4, 0.5) is 0 Å². The molecule has 3 aromatic carbocycles. The fourth-order valence-electron chi connectivity index (χ4n) is 4.53. The minimum absolute atomic E-state index is 0.203. The average molecular weight is 529 g/mol. The highest BCUT2D eigenvalue weighted by Gasteiger charge is 2.34. The predicted octanol–water partition coefficient (Wildman–Crippen LogP) is 3.41. The van der Waals surface area contributed by atoms with Crippen molar-refractivity contribution >= 4 is 40.1 Å². The van der Waals surface area contributed by atoms with Gasteiger partial charge in [-0.15, -0.1) is 0 Å². The van der Waals surface area contributed by atoms with Crippen molar-refractivity contribution in [3.05, 3.63) is 109 Å². The maximum Gasteiger partial charge on any atom is 0.341 e. The molecule has 0 fully saturated rings. The number of hydrogen-bond donors (Lipinski definition) is 1. The van der Waals surface area contributed by atoms with Crippen LogP contribution < -0.4 is 19.6 Å². The van der Waals surface area contributed by atoms with Crippen LogP contribution in [0.5, 0.6) is 5.75 Å². The summed E-state index contributed by atoms with van der Waals surface area (Å²) in [5, 5.41) is 10.7. The van der Waals surface area contributed by atoms with Gasteiger partial charge in [0.05, 0.1) is 28.5 Å². The number of carbonyl (C=O) groups excluding carboxylic acids is 1. The first-order chi connectivity index (χ1) is 18.4. The van der Waals surface area contributed by atoms with Gasteiger partial charge < -0.3 is 14.6 Å². The molecule has 8 nitrogen and oxygen atoms in total. The third-order valence-corrected chi connectivity index (χ3v) is 7.16. The Morgan fingerprint density at radius 1 is 1.08 bits per heavy atom. The molecule has 9 heteroatoms. The van der Waals surface area contributed by atoms with Gasteiger partial charge in [0.1, 0.15) is 5.75 Å². The maximum absolute atomic E-state index is 13.8. The van der Waals surface area contributed by atoms with Crippen LogP contribution >= 0.6 is 11.3 Å². The second-order valence-corrected chi connectivity index (χ2v) is 9.63. The van der Waals surface area contributed by atoms with Crippen molar-refractivity contribution in [2.45, 2.75) is 19.9 Å². The van der Waals surface area contributed by atoms with E-state index >= 15 is 0 Å². The standard InChI is InChI=1S/C29H24N2O6S/c1-3-36-28(35)25-17(2)30-29-31(26(25)22-10-6-8-19-7-4-5-9-21(19)22)27(34)23(38-29)15-18-11-13-20(14-12-18)37-16-24(32)33/h4-15,26H,3,16H2,1-2H3,(H,32,33)/b23-15-/t26-/m1/s1. The van der Waals surface area contributed by atoms with E-state index in [4.69, 9.17) is 14.6 Å². The lowest BCUT2D eigenvalue weighted by Gasteiger charge is -2.25. The Labute approximate surface area is 221 Å². The minimum atomic E-state index is -1.06. The number of carbonyl (C=O) groups is 2. The molecule has 1 aliphatic heterocycles. The number of carboxylic acids is 1. The maximum atomic E-state index is 13.8. The van der Waals surface area contributed by atoms with E-state index in [2.05, 4.69) is 4.99 Å². The van der Waals surface area contributed by atoms with Crippen molar-refractivity contribution in [1.82, 2.24) is 4.57 Å². The Morgan fingerprint density at radius 2 is 1.82 bits per heavy atom. The first-order valence-corrected chi connectivity index (χ1v) is 12.8. The van der Waals surface area contributed by atoms with Crippen molar-refractivity contribution in [2.75, 3.05) is 13.2 Å². The van der Waals surface area contributed by atoms with Gasteiger partial charge in [0.15, 0.2) is 11.4 Å². The summed E-state index contributed by atoms with van der Waals surface area (Å²) >= 11 is 1.24. The third-order valence-electron chi connectivity index (χ3n) is 6.18. The van der Waals surface area contributed by atoms with Crippen LogP contribution in [0.2, 0.25) is 0 Å². The number of rotatable bonds is 7. The number of allylic oxidation sites excluding steroid dienone is 1. The Bertz CT molecular complexity index is 1760. The van der Waals surface area contributed by atoms with Gasteiger partial charge in [-0.2, -0.15) is 0 Å². The summed E-state index contributed by atoms with van der Waals surface area (Å²) in [5.74, 6) is -1.15. The van der Waals surface area contributed by atoms with E-state index in [9.17, 15) is 14.4 Å². The smallest absolute Gasteiger partial charge is 0.341 e. The van der Waals surface area contributed by atoms with Gasteiger partial charge in [-0.25, -0.2) is 14.6 Å². The third kappa shape index (κ3) is 4.76. The number of aliphatic carboxylic acids is 1. The molecule has 1 N–H and O–H groups in total. The van der Waals surface area contributed by atoms with Gasteiger partial charge in [-0.3, -0.25) is 9.36 Å². The fourth-order valence-corrected chi connectivity index (χ4v) is 5.58. The topological polar surface area (TPSA) is 107 Å². The van der Waals surface area contributed by atoms with Gasteiger partial charge in [-0.05, 0) is 54.0 Å². The number of esters is 1. The predicted molar refractivity (Wildman–Crippen MR) is 144 cm³/mol. The number of hydrogen-bond acceptors (Lipinski definition) is 7. The van der Waals surface area contributed by atoms with Crippen molar-refractivity contribution in [1.29, 1.82) is 0 Å². The zero-order valence-corrected chi connectivity index (χ0v) is 21.5. The van der Waals surface area contributed by atoms with Crippen molar-refractivity contribution in [3.63, 3.8) is 0 Å². The molecule has 0 spiro atoms. The molecular formula is C29H24N2O6S. The molecule has 0 saturated carbocycles.